The molecule has 0 spiro atoms. The Bertz CT molecular complexity index is 903. The number of benzene rings is 2. The topological polar surface area (TPSA) is 95.4 Å². The fraction of sp³-hybridized carbons (Fsp3) is 0.105. The molecule has 0 radical (unpaired) electrons. The number of hydrogen-bond acceptors (Lipinski definition) is 5. The van der Waals surface area contributed by atoms with Crippen molar-refractivity contribution in [3.63, 3.8) is 0 Å². The Morgan fingerprint density at radius 2 is 1.76 bits per heavy atom. The van der Waals surface area contributed by atoms with E-state index >= 15 is 0 Å². The first-order chi connectivity index (χ1) is 12.1. The van der Waals surface area contributed by atoms with Crippen molar-refractivity contribution in [2.24, 2.45) is 5.73 Å². The van der Waals surface area contributed by atoms with Crippen molar-refractivity contribution < 1.29 is 18.7 Å². The van der Waals surface area contributed by atoms with Crippen LogP contribution in [0.15, 0.2) is 65.2 Å². The van der Waals surface area contributed by atoms with Crippen LogP contribution in [0.4, 0.5) is 0 Å². The number of hydrogen-bond donors (Lipinski definition) is 1. The Morgan fingerprint density at radius 3 is 2.48 bits per heavy atom. The molecule has 6 heteroatoms. The third-order valence-corrected chi connectivity index (χ3v) is 3.63. The van der Waals surface area contributed by atoms with Crippen LogP contribution in [0.3, 0.4) is 0 Å². The predicted octanol–water partition coefficient (Wildman–Crippen LogP) is 3.04. The highest BCUT2D eigenvalue weighted by atomic mass is 16.5. The van der Waals surface area contributed by atoms with Crippen LogP contribution in [0, 0.1) is 0 Å². The van der Waals surface area contributed by atoms with Crippen molar-refractivity contribution in [1.82, 2.24) is 4.98 Å². The van der Waals surface area contributed by atoms with Gasteiger partial charge in [0.2, 0.25) is 5.89 Å². The maximum atomic E-state index is 12.3. The van der Waals surface area contributed by atoms with Crippen LogP contribution in [-0.2, 0) is 9.53 Å². The van der Waals surface area contributed by atoms with Gasteiger partial charge < -0.3 is 14.9 Å². The summed E-state index contributed by atoms with van der Waals surface area (Å²) >= 11 is 0. The molecular weight excluding hydrogens is 320 g/mol. The van der Waals surface area contributed by atoms with Gasteiger partial charge in [0.25, 0.3) is 5.91 Å². The summed E-state index contributed by atoms with van der Waals surface area (Å²) in [5, 5.41) is 0. The van der Waals surface area contributed by atoms with Gasteiger partial charge in [0.05, 0.1) is 17.3 Å². The summed E-state index contributed by atoms with van der Waals surface area (Å²) in [6.07, 6.45) is 0.573. The van der Waals surface area contributed by atoms with Gasteiger partial charge in [-0.2, -0.15) is 0 Å². The van der Waals surface area contributed by atoms with Crippen molar-refractivity contribution in [2.45, 2.75) is 13.0 Å². The van der Waals surface area contributed by atoms with E-state index < -0.39 is 18.0 Å². The van der Waals surface area contributed by atoms with Crippen molar-refractivity contribution in [1.29, 1.82) is 0 Å². The van der Waals surface area contributed by atoms with Crippen LogP contribution < -0.4 is 5.73 Å². The normalized spacial score (nSPS) is 11.7. The Morgan fingerprint density at radius 1 is 1.08 bits per heavy atom. The highest BCUT2D eigenvalue weighted by Gasteiger charge is 2.21. The SMILES string of the molecule is C[C@H](OC(=O)c1ccccc1-c1ncc(-c2ccccc2)o1)C(N)=O. The standard InChI is InChI=1S/C19H16N2O4/c1-12(17(20)22)24-19(23)15-10-6-5-9-14(15)18-21-11-16(25-18)13-7-3-2-4-8-13/h2-12H,1H3,(H2,20,22)/t12-/m0/s1. The number of esters is 1. The molecule has 3 rings (SSSR count). The van der Waals surface area contributed by atoms with Crippen molar-refractivity contribution in [3.05, 3.63) is 66.4 Å². The smallest absolute Gasteiger partial charge is 0.339 e. The quantitative estimate of drug-likeness (QED) is 0.723. The minimum Gasteiger partial charge on any atom is -0.449 e. The molecule has 0 fully saturated rings. The van der Waals surface area contributed by atoms with Gasteiger partial charge in [-0.25, -0.2) is 9.78 Å². The van der Waals surface area contributed by atoms with E-state index in [4.69, 9.17) is 14.9 Å². The highest BCUT2D eigenvalue weighted by molar-refractivity contribution is 5.97. The van der Waals surface area contributed by atoms with E-state index in [1.807, 2.05) is 30.3 Å². The highest BCUT2D eigenvalue weighted by Crippen LogP contribution is 2.28. The molecular formula is C19H16N2O4. The Balaban J connectivity index is 1.93. The first kappa shape index (κ1) is 16.4. The number of oxazole rings is 1. The van der Waals surface area contributed by atoms with Crippen molar-refractivity contribution >= 4 is 11.9 Å². The van der Waals surface area contributed by atoms with Crippen LogP contribution in [0.25, 0.3) is 22.8 Å². The number of amides is 1. The second kappa shape index (κ2) is 7.00. The molecule has 0 aliphatic rings. The molecule has 0 aliphatic heterocycles. The molecule has 1 amide bonds. The molecule has 0 unspecified atom stereocenters. The van der Waals surface area contributed by atoms with Crippen molar-refractivity contribution in [3.8, 4) is 22.8 Å². The minimum atomic E-state index is -1.02. The molecule has 0 aliphatic carbocycles. The third kappa shape index (κ3) is 3.58. The van der Waals surface area contributed by atoms with Gasteiger partial charge in [-0.1, -0.05) is 42.5 Å². The van der Waals surface area contributed by atoms with E-state index in [0.29, 0.717) is 11.3 Å². The van der Waals surface area contributed by atoms with E-state index in [1.54, 1.807) is 30.5 Å². The predicted molar refractivity (Wildman–Crippen MR) is 91.4 cm³/mol. The molecule has 6 nitrogen and oxygen atoms in total. The van der Waals surface area contributed by atoms with Gasteiger partial charge in [-0.05, 0) is 19.1 Å². The van der Waals surface area contributed by atoms with Gasteiger partial charge in [0, 0.05) is 5.56 Å². The van der Waals surface area contributed by atoms with Gasteiger partial charge in [-0.3, -0.25) is 4.79 Å². The van der Waals surface area contributed by atoms with Crippen LogP contribution in [0.2, 0.25) is 0 Å². The second-order valence-corrected chi connectivity index (χ2v) is 5.39. The fourth-order valence-corrected chi connectivity index (χ4v) is 2.26. The summed E-state index contributed by atoms with van der Waals surface area (Å²) in [6.45, 7) is 1.42. The first-order valence-electron chi connectivity index (χ1n) is 7.67. The average molecular weight is 336 g/mol. The Labute approximate surface area is 144 Å². The zero-order chi connectivity index (χ0) is 17.8. The van der Waals surface area contributed by atoms with Crippen molar-refractivity contribution in [2.75, 3.05) is 0 Å². The summed E-state index contributed by atoms with van der Waals surface area (Å²) in [4.78, 5) is 27.7. The fourth-order valence-electron chi connectivity index (χ4n) is 2.26. The monoisotopic (exact) mass is 336 g/mol. The van der Waals surface area contributed by atoms with E-state index in [0.717, 1.165) is 5.56 Å². The van der Waals surface area contributed by atoms with Gasteiger partial charge in [0.15, 0.2) is 11.9 Å². The van der Waals surface area contributed by atoms with Crippen LogP contribution in [0.5, 0.6) is 0 Å². The number of carbonyl (C=O) groups excluding carboxylic acids is 2. The second-order valence-electron chi connectivity index (χ2n) is 5.39. The zero-order valence-electron chi connectivity index (χ0n) is 13.5. The molecule has 1 aromatic heterocycles. The van der Waals surface area contributed by atoms with Gasteiger partial charge in [-0.15, -0.1) is 0 Å². The molecule has 126 valence electrons. The van der Waals surface area contributed by atoms with E-state index in [-0.39, 0.29) is 11.5 Å². The molecule has 0 bridgehead atoms. The number of primary amides is 1. The molecule has 0 saturated carbocycles. The largest absolute Gasteiger partial charge is 0.449 e. The minimum absolute atomic E-state index is 0.247. The molecule has 25 heavy (non-hydrogen) atoms. The summed E-state index contributed by atoms with van der Waals surface area (Å²) < 4.78 is 10.9. The summed E-state index contributed by atoms with van der Waals surface area (Å²) in [5.74, 6) is -0.503. The van der Waals surface area contributed by atoms with Gasteiger partial charge in [0.1, 0.15) is 0 Å². The lowest BCUT2D eigenvalue weighted by Crippen LogP contribution is -2.30. The number of rotatable bonds is 5. The number of aromatic nitrogens is 1. The number of carbonyl (C=O) groups is 2. The molecule has 1 heterocycles. The number of ether oxygens (including phenoxy) is 1. The summed E-state index contributed by atoms with van der Waals surface area (Å²) in [6, 6.07) is 16.2. The molecule has 2 aromatic carbocycles. The number of nitrogens with zero attached hydrogens (tertiary/aromatic N) is 1. The molecule has 3 aromatic rings. The van der Waals surface area contributed by atoms with Crippen LogP contribution in [0.1, 0.15) is 17.3 Å². The average Bonchev–Trinajstić information content (AvgIpc) is 3.12. The maximum Gasteiger partial charge on any atom is 0.339 e. The maximum absolute atomic E-state index is 12.3. The molecule has 1 atom stereocenters. The zero-order valence-corrected chi connectivity index (χ0v) is 13.5. The lowest BCUT2D eigenvalue weighted by Gasteiger charge is -2.11. The van der Waals surface area contributed by atoms with E-state index in [1.165, 1.54) is 6.92 Å². The van der Waals surface area contributed by atoms with Gasteiger partial charge >= 0.3 is 5.97 Å². The lowest BCUT2D eigenvalue weighted by molar-refractivity contribution is -0.125. The molecule has 0 saturated heterocycles. The van der Waals surface area contributed by atoms with Crippen LogP contribution in [-0.4, -0.2) is 23.0 Å². The Hall–Kier alpha value is -3.41. The third-order valence-electron chi connectivity index (χ3n) is 3.63. The Kier molecular flexibility index (Phi) is 4.61. The lowest BCUT2D eigenvalue weighted by atomic mass is 10.1. The number of nitrogens with two attached hydrogens (primary N) is 1. The van der Waals surface area contributed by atoms with E-state index in [2.05, 4.69) is 4.98 Å². The summed E-state index contributed by atoms with van der Waals surface area (Å²) in [5.41, 5.74) is 6.74. The first-order valence-corrected chi connectivity index (χ1v) is 7.67. The van der Waals surface area contributed by atoms with E-state index in [9.17, 15) is 9.59 Å². The van der Waals surface area contributed by atoms with Crippen LogP contribution >= 0.6 is 0 Å². The molecule has 2 N–H and O–H groups in total. The summed E-state index contributed by atoms with van der Waals surface area (Å²) in [7, 11) is 0.